The summed E-state index contributed by atoms with van der Waals surface area (Å²) in [7, 11) is 0. The zero-order chi connectivity index (χ0) is 29.1. The van der Waals surface area contributed by atoms with E-state index in [0.717, 1.165) is 17.0 Å². The predicted molar refractivity (Wildman–Crippen MR) is 147 cm³/mol. The van der Waals surface area contributed by atoms with E-state index in [1.807, 2.05) is 47.6 Å². The second-order valence-corrected chi connectivity index (χ2v) is 12.6. The van der Waals surface area contributed by atoms with Crippen LogP contribution in [0.25, 0.3) is 0 Å². The van der Waals surface area contributed by atoms with E-state index in [1.165, 1.54) is 15.6 Å². The summed E-state index contributed by atoms with van der Waals surface area (Å²) >= 11 is 3.19. The number of carbonyl (C=O) groups is 2. The van der Waals surface area contributed by atoms with Crippen molar-refractivity contribution in [1.29, 1.82) is 0 Å². The number of aromatic nitrogens is 4. The SMILES string of the molecule is Cc1cc(C(=O)N2CC(F)(c3cn([C@@H](C)c4ccc(F)c(Br)c4)nn3)C2)c(C)n1C1CN(C(=O)OC(C)(C)C)C1. The van der Waals surface area contributed by atoms with Crippen molar-refractivity contribution < 1.29 is 23.1 Å². The van der Waals surface area contributed by atoms with Gasteiger partial charge in [-0.15, -0.1) is 5.10 Å². The Hall–Kier alpha value is -3.28. The van der Waals surface area contributed by atoms with Crippen LogP contribution < -0.4 is 0 Å². The van der Waals surface area contributed by atoms with Gasteiger partial charge in [0.05, 0.1) is 41.4 Å². The van der Waals surface area contributed by atoms with Crippen LogP contribution in [0.15, 0.2) is 34.9 Å². The zero-order valence-electron chi connectivity index (χ0n) is 23.4. The molecule has 1 aromatic carbocycles. The summed E-state index contributed by atoms with van der Waals surface area (Å²) in [5, 5.41) is 8.15. The number of rotatable bonds is 5. The highest BCUT2D eigenvalue weighted by Gasteiger charge is 2.50. The Morgan fingerprint density at radius 1 is 1.15 bits per heavy atom. The molecule has 0 aliphatic carbocycles. The van der Waals surface area contributed by atoms with Crippen LogP contribution in [0.2, 0.25) is 0 Å². The van der Waals surface area contributed by atoms with E-state index in [9.17, 15) is 14.0 Å². The van der Waals surface area contributed by atoms with E-state index in [4.69, 9.17) is 4.74 Å². The number of benzene rings is 1. The molecule has 0 unspecified atom stereocenters. The third kappa shape index (κ3) is 5.13. The van der Waals surface area contributed by atoms with Crippen LogP contribution in [-0.2, 0) is 10.4 Å². The van der Waals surface area contributed by atoms with Crippen LogP contribution in [0, 0.1) is 19.7 Å². The molecule has 3 aromatic rings. The molecule has 2 aliphatic rings. The van der Waals surface area contributed by atoms with Crippen molar-refractivity contribution in [2.24, 2.45) is 0 Å². The average molecular weight is 620 g/mol. The molecule has 12 heteroatoms. The molecule has 214 valence electrons. The Morgan fingerprint density at radius 3 is 2.45 bits per heavy atom. The van der Waals surface area contributed by atoms with E-state index in [-0.39, 0.29) is 48.7 Å². The van der Waals surface area contributed by atoms with Crippen LogP contribution >= 0.6 is 15.9 Å². The Bertz CT molecular complexity index is 1470. The zero-order valence-corrected chi connectivity index (χ0v) is 25.0. The van der Waals surface area contributed by atoms with Crippen molar-refractivity contribution in [1.82, 2.24) is 29.4 Å². The highest BCUT2D eigenvalue weighted by Crippen LogP contribution is 2.37. The van der Waals surface area contributed by atoms with Gasteiger partial charge in [0.25, 0.3) is 5.91 Å². The minimum absolute atomic E-state index is 0.0458. The number of halogens is 3. The predicted octanol–water partition coefficient (Wildman–Crippen LogP) is 5.32. The summed E-state index contributed by atoms with van der Waals surface area (Å²) in [5.41, 5.74) is 0.810. The van der Waals surface area contributed by atoms with E-state index in [1.54, 1.807) is 23.2 Å². The average Bonchev–Trinajstić information content (AvgIpc) is 3.42. The number of ether oxygens (including phenoxy) is 1. The maximum Gasteiger partial charge on any atom is 0.410 e. The number of alkyl halides is 1. The van der Waals surface area contributed by atoms with Crippen molar-refractivity contribution in [3.05, 3.63) is 69.0 Å². The molecular formula is C28H33BrF2N6O3. The molecule has 2 aromatic heterocycles. The van der Waals surface area contributed by atoms with Gasteiger partial charge < -0.3 is 19.1 Å². The maximum atomic E-state index is 15.8. The van der Waals surface area contributed by atoms with Gasteiger partial charge in [-0.05, 0) is 81.2 Å². The first kappa shape index (κ1) is 28.3. The molecule has 0 bridgehead atoms. The first-order chi connectivity index (χ1) is 18.7. The molecule has 40 heavy (non-hydrogen) atoms. The number of likely N-dealkylation sites (tertiary alicyclic amines) is 2. The maximum absolute atomic E-state index is 15.8. The summed E-state index contributed by atoms with van der Waals surface area (Å²) in [4.78, 5) is 28.8. The van der Waals surface area contributed by atoms with Crippen molar-refractivity contribution >= 4 is 27.9 Å². The summed E-state index contributed by atoms with van der Waals surface area (Å²) in [6.07, 6.45) is 1.20. The monoisotopic (exact) mass is 618 g/mol. The first-order valence-corrected chi connectivity index (χ1v) is 14.0. The van der Waals surface area contributed by atoms with Gasteiger partial charge in [-0.25, -0.2) is 18.3 Å². The molecule has 9 nitrogen and oxygen atoms in total. The number of nitrogens with zero attached hydrogens (tertiary/aromatic N) is 6. The standard InChI is InChI=1S/C28H33BrF2N6O3/c1-16-9-21(18(3)37(16)20-11-34(12-20)26(39)40-27(4,5)6)25(38)35-14-28(31,15-35)24-13-36(33-32-24)17(2)19-7-8-23(30)22(29)10-19/h7-10,13,17,20H,11-12,14-15H2,1-6H3/t17-/m0/s1. The lowest BCUT2D eigenvalue weighted by Crippen LogP contribution is -2.59. The molecule has 2 amide bonds. The third-order valence-electron chi connectivity index (χ3n) is 7.56. The smallest absolute Gasteiger partial charge is 0.410 e. The molecule has 5 rings (SSSR count). The van der Waals surface area contributed by atoms with Gasteiger partial charge in [0.15, 0.2) is 5.67 Å². The van der Waals surface area contributed by atoms with Gasteiger partial charge in [0.1, 0.15) is 17.1 Å². The molecule has 0 spiro atoms. The molecule has 0 radical (unpaired) electrons. The second kappa shape index (κ2) is 9.97. The molecule has 2 saturated heterocycles. The van der Waals surface area contributed by atoms with Crippen LogP contribution in [0.4, 0.5) is 13.6 Å². The fraction of sp³-hybridized carbons (Fsp3) is 0.500. The molecule has 0 N–H and O–H groups in total. The lowest BCUT2D eigenvalue weighted by Gasteiger charge is -2.43. The Morgan fingerprint density at radius 2 is 1.82 bits per heavy atom. The number of hydrogen-bond donors (Lipinski definition) is 0. The lowest BCUT2D eigenvalue weighted by molar-refractivity contribution is -0.0259. The Kier molecular flexibility index (Phi) is 7.04. The summed E-state index contributed by atoms with van der Waals surface area (Å²) < 4.78 is 38.8. The molecular weight excluding hydrogens is 586 g/mol. The van der Waals surface area contributed by atoms with E-state index in [0.29, 0.717) is 23.1 Å². The van der Waals surface area contributed by atoms with Crippen molar-refractivity contribution in [3.8, 4) is 0 Å². The van der Waals surface area contributed by atoms with Gasteiger partial charge in [-0.3, -0.25) is 4.79 Å². The van der Waals surface area contributed by atoms with Crippen molar-refractivity contribution in [2.75, 3.05) is 26.2 Å². The minimum Gasteiger partial charge on any atom is -0.444 e. The van der Waals surface area contributed by atoms with Crippen LogP contribution in [0.5, 0.6) is 0 Å². The second-order valence-electron chi connectivity index (χ2n) is 11.8. The fourth-order valence-corrected chi connectivity index (χ4v) is 5.68. The molecule has 0 saturated carbocycles. The first-order valence-electron chi connectivity index (χ1n) is 13.2. The highest BCUT2D eigenvalue weighted by atomic mass is 79.9. The lowest BCUT2D eigenvalue weighted by atomic mass is 9.92. The van der Waals surface area contributed by atoms with E-state index < -0.39 is 11.3 Å². The van der Waals surface area contributed by atoms with Gasteiger partial charge >= 0.3 is 6.09 Å². The summed E-state index contributed by atoms with van der Waals surface area (Å²) in [6.45, 7) is 11.9. The number of hydrogen-bond acceptors (Lipinski definition) is 5. The largest absolute Gasteiger partial charge is 0.444 e. The quantitative estimate of drug-likeness (QED) is 0.386. The third-order valence-corrected chi connectivity index (χ3v) is 8.16. The molecule has 4 heterocycles. The van der Waals surface area contributed by atoms with Crippen LogP contribution in [0.3, 0.4) is 0 Å². The van der Waals surface area contributed by atoms with Gasteiger partial charge in [0.2, 0.25) is 0 Å². The topological polar surface area (TPSA) is 85.5 Å². The van der Waals surface area contributed by atoms with Crippen molar-refractivity contribution in [3.63, 3.8) is 0 Å². The number of amides is 2. The number of aryl methyl sites for hydroxylation is 1. The van der Waals surface area contributed by atoms with Crippen LogP contribution in [-0.4, -0.2) is 73.1 Å². The Balaban J connectivity index is 1.22. The normalized spacial score (nSPS) is 17.8. The van der Waals surface area contributed by atoms with Gasteiger partial charge in [0, 0.05) is 24.5 Å². The number of carbonyl (C=O) groups excluding carboxylic acids is 2. The summed E-state index contributed by atoms with van der Waals surface area (Å²) in [5.74, 6) is -0.610. The van der Waals surface area contributed by atoms with Gasteiger partial charge in [-0.1, -0.05) is 11.3 Å². The van der Waals surface area contributed by atoms with Gasteiger partial charge in [-0.2, -0.15) is 0 Å². The summed E-state index contributed by atoms with van der Waals surface area (Å²) in [6, 6.07) is 6.25. The van der Waals surface area contributed by atoms with Crippen LogP contribution in [0.1, 0.15) is 72.8 Å². The molecule has 1 atom stereocenters. The molecule has 2 aliphatic heterocycles. The van der Waals surface area contributed by atoms with E-state index in [2.05, 4.69) is 30.8 Å². The van der Waals surface area contributed by atoms with E-state index >= 15 is 4.39 Å². The Labute approximate surface area is 240 Å². The minimum atomic E-state index is -1.80. The molecule has 2 fully saturated rings. The van der Waals surface area contributed by atoms with Crippen molar-refractivity contribution in [2.45, 2.75) is 64.9 Å². The highest BCUT2D eigenvalue weighted by molar-refractivity contribution is 9.10. The fourth-order valence-electron chi connectivity index (χ4n) is 5.28.